The highest BCUT2D eigenvalue weighted by atomic mass is 35.5. The van der Waals surface area contributed by atoms with Crippen molar-refractivity contribution in [3.8, 4) is 0 Å². The van der Waals surface area contributed by atoms with E-state index in [9.17, 15) is 9.18 Å². The first-order chi connectivity index (χ1) is 7.06. The van der Waals surface area contributed by atoms with Gasteiger partial charge in [-0.05, 0) is 12.1 Å². The zero-order chi connectivity index (χ0) is 11.4. The average molecular weight is 232 g/mol. The van der Waals surface area contributed by atoms with Gasteiger partial charge in [-0.25, -0.2) is 9.45 Å². The van der Waals surface area contributed by atoms with Gasteiger partial charge in [0, 0.05) is 17.6 Å². The van der Waals surface area contributed by atoms with E-state index in [1.54, 1.807) is 6.07 Å². The van der Waals surface area contributed by atoms with Gasteiger partial charge in [0.05, 0.1) is 13.5 Å². The average Bonchev–Trinajstić information content (AvgIpc) is 2.22. The Morgan fingerprint density at radius 1 is 1.60 bits per heavy atom. The highest BCUT2D eigenvalue weighted by Gasteiger charge is 2.14. The second kappa shape index (κ2) is 5.09. The van der Waals surface area contributed by atoms with Gasteiger partial charge in [0.1, 0.15) is 5.82 Å². The van der Waals surface area contributed by atoms with Crippen molar-refractivity contribution < 1.29 is 14.0 Å². The number of benzene rings is 1. The third-order valence-corrected chi connectivity index (χ3v) is 2.37. The third kappa shape index (κ3) is 2.91. The van der Waals surface area contributed by atoms with E-state index in [2.05, 4.69) is 4.84 Å². The zero-order valence-corrected chi connectivity index (χ0v) is 9.21. The summed E-state index contributed by atoms with van der Waals surface area (Å²) in [6.45, 7) is 0. The second-order valence-corrected chi connectivity index (χ2v) is 3.36. The molecule has 1 aromatic rings. The Kier molecular flexibility index (Phi) is 4.05. The number of rotatable bonds is 3. The first-order valence-corrected chi connectivity index (χ1v) is 4.67. The van der Waals surface area contributed by atoms with Crippen LogP contribution in [-0.2, 0) is 16.1 Å². The molecule has 0 aliphatic heterocycles. The number of nitrogens with zero attached hydrogens (tertiary/aromatic N) is 1. The third-order valence-electron chi connectivity index (χ3n) is 2.01. The smallest absolute Gasteiger partial charge is 0.250 e. The minimum atomic E-state index is -0.486. The maximum Gasteiger partial charge on any atom is 0.250 e. The Hall–Kier alpha value is -1.13. The summed E-state index contributed by atoms with van der Waals surface area (Å²) in [5.41, 5.74) is 0.188. The highest BCUT2D eigenvalue weighted by molar-refractivity contribution is 6.31. The number of hydrogen-bond donors (Lipinski definition) is 0. The monoisotopic (exact) mass is 231 g/mol. The zero-order valence-electron chi connectivity index (χ0n) is 8.46. The van der Waals surface area contributed by atoms with Crippen LogP contribution >= 0.6 is 11.6 Å². The van der Waals surface area contributed by atoms with Gasteiger partial charge in [0.15, 0.2) is 0 Å². The van der Waals surface area contributed by atoms with Gasteiger partial charge in [-0.2, -0.15) is 0 Å². The summed E-state index contributed by atoms with van der Waals surface area (Å²) in [5.74, 6) is -0.843. The quantitative estimate of drug-likeness (QED) is 0.745. The predicted octanol–water partition coefficient (Wildman–Crippen LogP) is 2.04. The van der Waals surface area contributed by atoms with Crippen molar-refractivity contribution in [3.05, 3.63) is 34.6 Å². The van der Waals surface area contributed by atoms with Crippen LogP contribution in [0.2, 0.25) is 5.02 Å². The van der Waals surface area contributed by atoms with Crippen LogP contribution in [0, 0.1) is 5.82 Å². The number of carbonyl (C=O) groups is 1. The van der Waals surface area contributed by atoms with Crippen LogP contribution in [0.1, 0.15) is 5.56 Å². The summed E-state index contributed by atoms with van der Waals surface area (Å²) in [6.07, 6.45) is -0.115. The van der Waals surface area contributed by atoms with Crippen molar-refractivity contribution in [3.63, 3.8) is 0 Å². The van der Waals surface area contributed by atoms with E-state index in [4.69, 9.17) is 11.6 Å². The minimum absolute atomic E-state index is 0.115. The van der Waals surface area contributed by atoms with Crippen molar-refractivity contribution in [2.75, 3.05) is 14.2 Å². The summed E-state index contributed by atoms with van der Waals surface area (Å²) in [5, 5.41) is 1.27. The predicted molar refractivity (Wildman–Crippen MR) is 54.9 cm³/mol. The molecule has 0 aliphatic rings. The largest absolute Gasteiger partial charge is 0.275 e. The van der Waals surface area contributed by atoms with Gasteiger partial charge >= 0.3 is 0 Å². The lowest BCUT2D eigenvalue weighted by Gasteiger charge is -2.14. The molecule has 0 heterocycles. The molecule has 15 heavy (non-hydrogen) atoms. The topological polar surface area (TPSA) is 29.5 Å². The van der Waals surface area contributed by atoms with Gasteiger partial charge < -0.3 is 0 Å². The number of carbonyl (C=O) groups excluding carboxylic acids is 1. The molecule has 0 aromatic heterocycles. The van der Waals surface area contributed by atoms with E-state index in [0.717, 1.165) is 5.06 Å². The molecular weight excluding hydrogens is 221 g/mol. The number of amides is 1. The Morgan fingerprint density at radius 3 is 2.80 bits per heavy atom. The van der Waals surface area contributed by atoms with E-state index >= 15 is 0 Å². The fourth-order valence-electron chi connectivity index (χ4n) is 1.07. The number of likely N-dealkylation sites (N-methyl/N-ethyl adjacent to an activating group) is 1. The Bertz CT molecular complexity index is 350. The summed E-state index contributed by atoms with van der Waals surface area (Å²) >= 11 is 5.77. The highest BCUT2D eigenvalue weighted by Crippen LogP contribution is 2.19. The molecule has 0 spiro atoms. The molecule has 0 saturated heterocycles. The van der Waals surface area contributed by atoms with Gasteiger partial charge in [0.25, 0.3) is 0 Å². The van der Waals surface area contributed by atoms with Gasteiger partial charge in [-0.15, -0.1) is 0 Å². The molecule has 0 radical (unpaired) electrons. The Balaban J connectivity index is 2.85. The lowest BCUT2D eigenvalue weighted by atomic mass is 10.1. The van der Waals surface area contributed by atoms with Crippen LogP contribution in [0.4, 0.5) is 4.39 Å². The summed E-state index contributed by atoms with van der Waals surface area (Å²) in [7, 11) is 2.82. The molecule has 1 aromatic carbocycles. The maximum absolute atomic E-state index is 13.3. The lowest BCUT2D eigenvalue weighted by molar-refractivity contribution is -0.167. The van der Waals surface area contributed by atoms with Crippen molar-refractivity contribution in [1.82, 2.24) is 5.06 Å². The van der Waals surface area contributed by atoms with Gasteiger partial charge in [-0.3, -0.25) is 9.63 Å². The van der Waals surface area contributed by atoms with Gasteiger partial charge in [0.2, 0.25) is 5.91 Å². The molecule has 0 aliphatic carbocycles. The van der Waals surface area contributed by atoms with Crippen molar-refractivity contribution >= 4 is 17.5 Å². The number of hydrogen-bond acceptors (Lipinski definition) is 2. The number of hydroxylamine groups is 2. The van der Waals surface area contributed by atoms with Crippen molar-refractivity contribution in [2.24, 2.45) is 0 Å². The van der Waals surface area contributed by atoms with E-state index in [-0.39, 0.29) is 22.9 Å². The molecule has 82 valence electrons. The molecule has 0 atom stereocenters. The first-order valence-electron chi connectivity index (χ1n) is 4.29. The second-order valence-electron chi connectivity index (χ2n) is 2.95. The minimum Gasteiger partial charge on any atom is -0.275 e. The van der Waals surface area contributed by atoms with Crippen LogP contribution in [0.25, 0.3) is 0 Å². The maximum atomic E-state index is 13.3. The SMILES string of the molecule is CON(C)C(=O)Cc1c(F)cccc1Cl. The molecule has 3 nitrogen and oxygen atoms in total. The van der Waals surface area contributed by atoms with Crippen LogP contribution in [-0.4, -0.2) is 25.1 Å². The molecule has 0 fully saturated rings. The molecular formula is C10H11ClFNO2. The van der Waals surface area contributed by atoms with E-state index in [1.807, 2.05) is 0 Å². The molecule has 0 bridgehead atoms. The van der Waals surface area contributed by atoms with Crippen LogP contribution < -0.4 is 0 Å². The van der Waals surface area contributed by atoms with Crippen molar-refractivity contribution in [1.29, 1.82) is 0 Å². The summed E-state index contributed by atoms with van der Waals surface area (Å²) in [4.78, 5) is 16.1. The van der Waals surface area contributed by atoms with E-state index in [0.29, 0.717) is 0 Å². The Labute approximate surface area is 92.3 Å². The summed E-state index contributed by atoms with van der Waals surface area (Å²) in [6, 6.07) is 4.30. The van der Waals surface area contributed by atoms with Crippen molar-refractivity contribution in [2.45, 2.75) is 6.42 Å². The fourth-order valence-corrected chi connectivity index (χ4v) is 1.30. The molecule has 1 amide bonds. The normalized spacial score (nSPS) is 10.1. The van der Waals surface area contributed by atoms with Gasteiger partial charge in [-0.1, -0.05) is 17.7 Å². The molecule has 0 saturated carbocycles. The summed E-state index contributed by atoms with van der Waals surface area (Å²) < 4.78 is 13.3. The standard InChI is InChI=1S/C10H11ClFNO2/c1-13(15-2)10(14)6-7-8(11)4-3-5-9(7)12/h3-5H,6H2,1-2H3. The Morgan fingerprint density at radius 2 is 2.27 bits per heavy atom. The van der Waals surface area contributed by atoms with Crippen LogP contribution in [0.15, 0.2) is 18.2 Å². The molecule has 0 unspecified atom stereocenters. The molecule has 1 rings (SSSR count). The molecule has 5 heteroatoms. The van der Waals surface area contributed by atoms with E-state index < -0.39 is 5.82 Å². The molecule has 0 N–H and O–H groups in total. The van der Waals surface area contributed by atoms with E-state index in [1.165, 1.54) is 26.3 Å². The first kappa shape index (κ1) is 11.9. The lowest BCUT2D eigenvalue weighted by Crippen LogP contribution is -2.27. The van der Waals surface area contributed by atoms with Crippen LogP contribution in [0.5, 0.6) is 0 Å². The fraction of sp³-hybridized carbons (Fsp3) is 0.300. The number of halogens is 2. The van der Waals surface area contributed by atoms with Crippen LogP contribution in [0.3, 0.4) is 0 Å².